The lowest BCUT2D eigenvalue weighted by molar-refractivity contribution is 0.100. The number of nitrogens with two attached hydrogens (primary N) is 1. The second kappa shape index (κ2) is 8.20. The summed E-state index contributed by atoms with van der Waals surface area (Å²) in [6, 6.07) is 1.43. The zero-order valence-corrected chi connectivity index (χ0v) is 17.7. The third-order valence-corrected chi connectivity index (χ3v) is 5.71. The minimum atomic E-state index is -0.573. The molecule has 8 nitrogen and oxygen atoms in total. The summed E-state index contributed by atoms with van der Waals surface area (Å²) in [5.74, 6) is 0.548. The molecule has 3 rings (SSSR count). The van der Waals surface area contributed by atoms with Gasteiger partial charge >= 0.3 is 0 Å². The molecule has 0 saturated carbocycles. The van der Waals surface area contributed by atoms with E-state index < -0.39 is 5.91 Å². The lowest BCUT2D eigenvalue weighted by Crippen LogP contribution is -2.26. The number of H-pyrrole nitrogens is 1. The van der Waals surface area contributed by atoms with Crippen LogP contribution >= 0.6 is 11.3 Å². The third-order valence-electron chi connectivity index (χ3n) is 4.51. The van der Waals surface area contributed by atoms with Crippen LogP contribution in [0.2, 0.25) is 0 Å². The summed E-state index contributed by atoms with van der Waals surface area (Å²) in [6.45, 7) is 8.20. The van der Waals surface area contributed by atoms with E-state index in [1.807, 2.05) is 20.8 Å². The molecule has 1 amide bonds. The number of carbonyl (C=O) groups is 1. The maximum Gasteiger partial charge on any atom is 0.262 e. The fraction of sp³-hybridized carbons (Fsp3) is 0.400. The lowest BCUT2D eigenvalue weighted by Gasteiger charge is -2.12. The molecule has 0 saturated heterocycles. The first-order chi connectivity index (χ1) is 13.7. The van der Waals surface area contributed by atoms with Crippen LogP contribution in [0.15, 0.2) is 21.9 Å². The predicted octanol–water partition coefficient (Wildman–Crippen LogP) is 2.20. The topological polar surface area (TPSA) is 120 Å². The van der Waals surface area contributed by atoms with Crippen molar-refractivity contribution in [3.63, 3.8) is 0 Å². The Balaban J connectivity index is 2.04. The Bertz CT molecular complexity index is 1190. The number of aryl methyl sites for hydroxylation is 2. The molecule has 29 heavy (non-hydrogen) atoms. The SMILES string of the molecule is CCc1nc2sc(C(N)=O)c(C)c2c(=O)n1Cc1cc(=O)c(OCC(C)C)c[nH]1. The molecule has 0 radical (unpaired) electrons. The van der Waals surface area contributed by atoms with Gasteiger partial charge < -0.3 is 15.5 Å². The number of primary amides is 1. The smallest absolute Gasteiger partial charge is 0.262 e. The number of rotatable bonds is 7. The van der Waals surface area contributed by atoms with E-state index in [1.165, 1.54) is 16.8 Å². The quantitative estimate of drug-likeness (QED) is 0.612. The number of thiophene rings is 1. The van der Waals surface area contributed by atoms with E-state index in [9.17, 15) is 14.4 Å². The van der Waals surface area contributed by atoms with Crippen molar-refractivity contribution in [2.75, 3.05) is 6.61 Å². The van der Waals surface area contributed by atoms with E-state index in [0.29, 0.717) is 51.1 Å². The standard InChI is InChI=1S/C20H24N4O4S/c1-5-15-23-19-16(11(4)17(29-19)18(21)26)20(27)24(15)8-12-6-13(25)14(7-22-12)28-9-10(2)3/h6-7,10H,5,8-9H2,1-4H3,(H2,21,26)(H,22,25). The molecule has 0 aliphatic heterocycles. The van der Waals surface area contributed by atoms with Crippen molar-refractivity contribution >= 4 is 27.5 Å². The summed E-state index contributed by atoms with van der Waals surface area (Å²) in [5.41, 5.74) is 6.02. The summed E-state index contributed by atoms with van der Waals surface area (Å²) < 4.78 is 7.02. The van der Waals surface area contributed by atoms with Crippen LogP contribution in [0.3, 0.4) is 0 Å². The molecule has 0 fully saturated rings. The molecule has 0 atom stereocenters. The van der Waals surface area contributed by atoms with Gasteiger partial charge in [-0.15, -0.1) is 11.3 Å². The first-order valence-corrected chi connectivity index (χ1v) is 10.2. The van der Waals surface area contributed by atoms with Crippen LogP contribution in [0.5, 0.6) is 5.75 Å². The molecule has 0 aromatic carbocycles. The summed E-state index contributed by atoms with van der Waals surface area (Å²) >= 11 is 1.13. The maximum atomic E-state index is 13.2. The molecule has 0 bridgehead atoms. The molecular weight excluding hydrogens is 392 g/mol. The summed E-state index contributed by atoms with van der Waals surface area (Å²) in [7, 11) is 0. The Morgan fingerprint density at radius 2 is 2.10 bits per heavy atom. The summed E-state index contributed by atoms with van der Waals surface area (Å²) in [5, 5.41) is 0.389. The highest BCUT2D eigenvalue weighted by atomic mass is 32.1. The molecule has 3 N–H and O–H groups in total. The Kier molecular flexibility index (Phi) is 5.88. The van der Waals surface area contributed by atoms with Crippen molar-refractivity contribution in [1.82, 2.24) is 14.5 Å². The van der Waals surface area contributed by atoms with Gasteiger partial charge in [-0.05, 0) is 18.4 Å². The Morgan fingerprint density at radius 1 is 1.38 bits per heavy atom. The fourth-order valence-corrected chi connectivity index (χ4v) is 4.10. The first kappa shape index (κ1) is 20.8. The molecule has 3 heterocycles. The number of hydrogen-bond acceptors (Lipinski definition) is 6. The molecule has 0 spiro atoms. The largest absolute Gasteiger partial charge is 0.488 e. The summed E-state index contributed by atoms with van der Waals surface area (Å²) in [6.07, 6.45) is 2.04. The fourth-order valence-electron chi connectivity index (χ4n) is 3.06. The van der Waals surface area contributed by atoms with E-state index in [0.717, 1.165) is 11.3 Å². The highest BCUT2D eigenvalue weighted by Gasteiger charge is 2.20. The van der Waals surface area contributed by atoms with Crippen molar-refractivity contribution < 1.29 is 9.53 Å². The molecule has 0 aliphatic carbocycles. The van der Waals surface area contributed by atoms with Crippen molar-refractivity contribution in [2.45, 2.75) is 40.7 Å². The molecule has 3 aromatic rings. The normalized spacial score (nSPS) is 11.3. The summed E-state index contributed by atoms with van der Waals surface area (Å²) in [4.78, 5) is 45.6. The van der Waals surface area contributed by atoms with Gasteiger partial charge in [-0.1, -0.05) is 20.8 Å². The molecular formula is C20H24N4O4S. The highest BCUT2D eigenvalue weighted by Crippen LogP contribution is 2.27. The third kappa shape index (κ3) is 4.09. The van der Waals surface area contributed by atoms with Gasteiger partial charge in [0.05, 0.1) is 23.4 Å². The van der Waals surface area contributed by atoms with E-state index in [-0.39, 0.29) is 23.3 Å². The van der Waals surface area contributed by atoms with Crippen LogP contribution in [0.25, 0.3) is 10.2 Å². The van der Waals surface area contributed by atoms with Gasteiger partial charge in [-0.3, -0.25) is 19.0 Å². The number of aromatic amines is 1. The van der Waals surface area contributed by atoms with Gasteiger partial charge in [0.15, 0.2) is 5.75 Å². The van der Waals surface area contributed by atoms with Crippen LogP contribution in [0.4, 0.5) is 0 Å². The Labute approximate surface area is 171 Å². The molecule has 154 valence electrons. The monoisotopic (exact) mass is 416 g/mol. The number of nitrogens with zero attached hydrogens (tertiary/aromatic N) is 2. The maximum absolute atomic E-state index is 13.2. The van der Waals surface area contributed by atoms with Crippen molar-refractivity contribution in [2.24, 2.45) is 11.7 Å². The van der Waals surface area contributed by atoms with Crippen molar-refractivity contribution in [3.8, 4) is 5.75 Å². The van der Waals surface area contributed by atoms with Gasteiger partial charge in [0, 0.05) is 24.4 Å². The van der Waals surface area contributed by atoms with Gasteiger partial charge in [0.2, 0.25) is 5.43 Å². The van der Waals surface area contributed by atoms with Crippen molar-refractivity contribution in [3.05, 3.63) is 54.8 Å². The van der Waals surface area contributed by atoms with Crippen LogP contribution < -0.4 is 21.5 Å². The Morgan fingerprint density at radius 3 is 2.69 bits per heavy atom. The average Bonchev–Trinajstić information content (AvgIpc) is 3.00. The van der Waals surface area contributed by atoms with Crippen LogP contribution in [-0.4, -0.2) is 27.0 Å². The number of pyridine rings is 1. The number of fused-ring (bicyclic) bond motifs is 1. The van der Waals surface area contributed by atoms with E-state index >= 15 is 0 Å². The lowest BCUT2D eigenvalue weighted by atomic mass is 10.2. The molecule has 0 aliphatic rings. The number of hydrogen-bond donors (Lipinski definition) is 2. The molecule has 3 aromatic heterocycles. The van der Waals surface area contributed by atoms with Gasteiger partial charge in [0.25, 0.3) is 11.5 Å². The number of aromatic nitrogens is 3. The number of ether oxygens (including phenoxy) is 1. The van der Waals surface area contributed by atoms with Crippen LogP contribution in [-0.2, 0) is 13.0 Å². The average molecular weight is 417 g/mol. The first-order valence-electron chi connectivity index (χ1n) is 9.39. The number of nitrogens with one attached hydrogen (secondary N) is 1. The van der Waals surface area contributed by atoms with Gasteiger partial charge in [-0.25, -0.2) is 4.98 Å². The molecule has 0 unspecified atom stereocenters. The van der Waals surface area contributed by atoms with Gasteiger partial charge in [-0.2, -0.15) is 0 Å². The number of carbonyl (C=O) groups excluding carboxylic acids is 1. The predicted molar refractivity (Wildman–Crippen MR) is 113 cm³/mol. The van der Waals surface area contributed by atoms with Crippen LogP contribution in [0.1, 0.15) is 47.5 Å². The Hall–Kier alpha value is -2.94. The van der Waals surface area contributed by atoms with Gasteiger partial charge in [0.1, 0.15) is 10.7 Å². The minimum absolute atomic E-state index is 0.159. The van der Waals surface area contributed by atoms with E-state index in [1.54, 1.807) is 6.92 Å². The van der Waals surface area contributed by atoms with E-state index in [4.69, 9.17) is 10.5 Å². The second-order valence-corrected chi connectivity index (χ2v) is 8.26. The zero-order valence-electron chi connectivity index (χ0n) is 16.9. The zero-order chi connectivity index (χ0) is 21.3. The second-order valence-electron chi connectivity index (χ2n) is 7.27. The van der Waals surface area contributed by atoms with Crippen molar-refractivity contribution in [1.29, 1.82) is 0 Å². The number of amides is 1. The van der Waals surface area contributed by atoms with E-state index in [2.05, 4.69) is 9.97 Å². The van der Waals surface area contributed by atoms with Crippen LogP contribution in [0, 0.1) is 12.8 Å². The minimum Gasteiger partial charge on any atom is -0.488 e. The molecule has 9 heteroatoms. The highest BCUT2D eigenvalue weighted by molar-refractivity contribution is 7.20.